The number of ether oxygens (including phenoxy) is 2. The summed E-state index contributed by atoms with van der Waals surface area (Å²) in [5.41, 5.74) is -4.47. The molecule has 0 unspecified atom stereocenters. The summed E-state index contributed by atoms with van der Waals surface area (Å²) in [6.07, 6.45) is -8.62. The van der Waals surface area contributed by atoms with E-state index in [9.17, 15) is 26.7 Å². The van der Waals surface area contributed by atoms with E-state index in [0.29, 0.717) is 6.07 Å². The van der Waals surface area contributed by atoms with Crippen LogP contribution < -0.4 is 4.74 Å². The Morgan fingerprint density at radius 3 is 2.26 bits per heavy atom. The number of carbonyl (C=O) groups excluding carboxylic acids is 1. The van der Waals surface area contributed by atoms with Gasteiger partial charge in [-0.05, 0) is 0 Å². The van der Waals surface area contributed by atoms with Gasteiger partial charge in [0.1, 0.15) is 0 Å². The lowest BCUT2D eigenvalue weighted by molar-refractivity contribution is -0.140. The van der Waals surface area contributed by atoms with Crippen molar-refractivity contribution in [3.63, 3.8) is 0 Å². The van der Waals surface area contributed by atoms with Crippen LogP contribution in [0, 0.1) is 0 Å². The Morgan fingerprint density at radius 1 is 1.32 bits per heavy atom. The van der Waals surface area contributed by atoms with E-state index < -0.39 is 41.3 Å². The van der Waals surface area contributed by atoms with Crippen molar-refractivity contribution in [2.24, 2.45) is 0 Å². The quantitative estimate of drug-likeness (QED) is 0.633. The van der Waals surface area contributed by atoms with E-state index in [-0.39, 0.29) is 0 Å². The highest BCUT2D eigenvalue weighted by Gasteiger charge is 2.42. The van der Waals surface area contributed by atoms with Gasteiger partial charge in [-0.15, -0.1) is 0 Å². The molecular weight excluding hydrogens is 277 g/mol. The van der Waals surface area contributed by atoms with E-state index in [2.05, 4.69) is 14.5 Å². The molecule has 0 aliphatic rings. The number of nitrogens with zero attached hydrogens (tertiary/aromatic N) is 1. The minimum absolute atomic E-state index is 0.430. The van der Waals surface area contributed by atoms with Crippen LogP contribution in [0.4, 0.5) is 22.0 Å². The zero-order chi connectivity index (χ0) is 14.8. The summed E-state index contributed by atoms with van der Waals surface area (Å²) in [6.45, 7) is 0. The van der Waals surface area contributed by atoms with Gasteiger partial charge in [-0.25, -0.2) is 18.6 Å². The lowest BCUT2D eigenvalue weighted by Gasteiger charge is -2.16. The van der Waals surface area contributed by atoms with Gasteiger partial charge in [0.2, 0.25) is 5.88 Å². The molecule has 0 spiro atoms. The number of rotatable bonds is 3. The fraction of sp³-hybridized carbons (Fsp3) is 0.400. The molecule has 1 aromatic heterocycles. The van der Waals surface area contributed by atoms with Crippen molar-refractivity contribution in [3.8, 4) is 5.88 Å². The third kappa shape index (κ3) is 3.09. The van der Waals surface area contributed by atoms with Gasteiger partial charge in [0.25, 0.3) is 6.43 Å². The maximum atomic E-state index is 12.8. The predicted octanol–water partition coefficient (Wildman–Crippen LogP) is 2.83. The van der Waals surface area contributed by atoms with Crippen LogP contribution in [0.1, 0.15) is 28.0 Å². The molecule has 0 bridgehead atoms. The van der Waals surface area contributed by atoms with Crippen LogP contribution in [-0.2, 0) is 10.9 Å². The van der Waals surface area contributed by atoms with Crippen molar-refractivity contribution in [1.82, 2.24) is 4.98 Å². The fourth-order valence-electron chi connectivity index (χ4n) is 1.36. The normalized spacial score (nSPS) is 11.6. The standard InChI is InChI=1S/C10H8F5NO3/c1-18-5-3-4(8(11)12)6(10(13,14)15)7(16-5)9(17)19-2/h3,8H,1-2H3. The Bertz CT molecular complexity index is 487. The molecule has 4 nitrogen and oxygen atoms in total. The first kappa shape index (κ1) is 15.1. The van der Waals surface area contributed by atoms with E-state index in [1.54, 1.807) is 0 Å². The van der Waals surface area contributed by atoms with Gasteiger partial charge >= 0.3 is 12.1 Å². The zero-order valence-corrected chi connectivity index (χ0v) is 9.72. The van der Waals surface area contributed by atoms with Crippen LogP contribution in [0.25, 0.3) is 0 Å². The summed E-state index contributed by atoms with van der Waals surface area (Å²) >= 11 is 0. The molecule has 0 N–H and O–H groups in total. The molecule has 0 saturated carbocycles. The fourth-order valence-corrected chi connectivity index (χ4v) is 1.36. The maximum Gasteiger partial charge on any atom is 0.419 e. The van der Waals surface area contributed by atoms with E-state index in [1.807, 2.05) is 0 Å². The second-order valence-electron chi connectivity index (χ2n) is 3.27. The predicted molar refractivity (Wildman–Crippen MR) is 52.1 cm³/mol. The summed E-state index contributed by atoms with van der Waals surface area (Å²) in [5, 5.41) is 0. The Kier molecular flexibility index (Phi) is 4.28. The van der Waals surface area contributed by atoms with Crippen molar-refractivity contribution in [1.29, 1.82) is 0 Å². The molecule has 106 valence electrons. The molecule has 0 fully saturated rings. The summed E-state index contributed by atoms with van der Waals surface area (Å²) in [6, 6.07) is 0.430. The van der Waals surface area contributed by atoms with Crippen LogP contribution >= 0.6 is 0 Å². The lowest BCUT2D eigenvalue weighted by atomic mass is 10.1. The van der Waals surface area contributed by atoms with Gasteiger partial charge < -0.3 is 9.47 Å². The first-order valence-electron chi connectivity index (χ1n) is 4.75. The van der Waals surface area contributed by atoms with Crippen molar-refractivity contribution in [2.45, 2.75) is 12.6 Å². The Balaban J connectivity index is 3.66. The van der Waals surface area contributed by atoms with Crippen LogP contribution in [0.15, 0.2) is 6.07 Å². The van der Waals surface area contributed by atoms with Gasteiger partial charge in [0.15, 0.2) is 5.69 Å². The smallest absolute Gasteiger partial charge is 0.419 e. The van der Waals surface area contributed by atoms with E-state index in [1.165, 1.54) is 0 Å². The molecule has 0 aromatic carbocycles. The molecule has 9 heteroatoms. The number of carbonyl (C=O) groups is 1. The molecule has 0 aliphatic heterocycles. The van der Waals surface area contributed by atoms with Crippen LogP contribution in [-0.4, -0.2) is 25.2 Å². The highest BCUT2D eigenvalue weighted by molar-refractivity contribution is 5.89. The first-order chi connectivity index (χ1) is 8.72. The molecular formula is C10H8F5NO3. The number of aromatic nitrogens is 1. The second-order valence-corrected chi connectivity index (χ2v) is 3.27. The Labute approximate surface area is 104 Å². The molecule has 1 rings (SSSR count). The van der Waals surface area contributed by atoms with Crippen LogP contribution in [0.3, 0.4) is 0 Å². The summed E-state index contributed by atoms with van der Waals surface area (Å²) in [7, 11) is 1.83. The number of alkyl halides is 5. The first-order valence-corrected chi connectivity index (χ1v) is 4.75. The van der Waals surface area contributed by atoms with Crippen molar-refractivity contribution in [3.05, 3.63) is 22.9 Å². The number of halogens is 5. The molecule has 0 amide bonds. The molecule has 0 radical (unpaired) electrons. The molecule has 0 saturated heterocycles. The zero-order valence-electron chi connectivity index (χ0n) is 9.72. The average molecular weight is 285 g/mol. The Hall–Kier alpha value is -1.93. The number of hydrogen-bond donors (Lipinski definition) is 0. The third-order valence-electron chi connectivity index (χ3n) is 2.13. The largest absolute Gasteiger partial charge is 0.481 e. The third-order valence-corrected chi connectivity index (χ3v) is 2.13. The van der Waals surface area contributed by atoms with Crippen LogP contribution in [0.5, 0.6) is 5.88 Å². The number of hydrogen-bond acceptors (Lipinski definition) is 4. The highest BCUT2D eigenvalue weighted by atomic mass is 19.4. The molecule has 19 heavy (non-hydrogen) atoms. The Morgan fingerprint density at radius 2 is 1.89 bits per heavy atom. The molecule has 0 atom stereocenters. The lowest BCUT2D eigenvalue weighted by Crippen LogP contribution is -2.19. The summed E-state index contributed by atoms with van der Waals surface area (Å²) in [5.74, 6) is -2.02. The summed E-state index contributed by atoms with van der Waals surface area (Å²) in [4.78, 5) is 14.5. The van der Waals surface area contributed by atoms with Gasteiger partial charge in [-0.2, -0.15) is 13.2 Å². The van der Waals surface area contributed by atoms with Gasteiger partial charge in [-0.1, -0.05) is 0 Å². The SMILES string of the molecule is COC(=O)c1nc(OC)cc(C(F)F)c1C(F)(F)F. The topological polar surface area (TPSA) is 48.4 Å². The summed E-state index contributed by atoms with van der Waals surface area (Å²) < 4.78 is 72.3. The van der Waals surface area contributed by atoms with Crippen molar-refractivity contribution in [2.75, 3.05) is 14.2 Å². The maximum absolute atomic E-state index is 12.8. The van der Waals surface area contributed by atoms with E-state index in [4.69, 9.17) is 0 Å². The number of methoxy groups -OCH3 is 2. The number of esters is 1. The molecule has 1 heterocycles. The van der Waals surface area contributed by atoms with Gasteiger partial charge in [0, 0.05) is 11.6 Å². The van der Waals surface area contributed by atoms with Crippen molar-refractivity contribution < 1.29 is 36.2 Å². The second kappa shape index (κ2) is 5.37. The minimum atomic E-state index is -5.17. The van der Waals surface area contributed by atoms with Gasteiger partial charge in [-0.3, -0.25) is 0 Å². The number of pyridine rings is 1. The van der Waals surface area contributed by atoms with E-state index in [0.717, 1.165) is 14.2 Å². The minimum Gasteiger partial charge on any atom is -0.481 e. The van der Waals surface area contributed by atoms with Gasteiger partial charge in [0.05, 0.1) is 19.8 Å². The highest BCUT2D eigenvalue weighted by Crippen LogP contribution is 2.39. The van der Waals surface area contributed by atoms with Crippen LogP contribution in [0.2, 0.25) is 0 Å². The molecule has 1 aromatic rings. The monoisotopic (exact) mass is 285 g/mol. The van der Waals surface area contributed by atoms with E-state index >= 15 is 0 Å². The average Bonchev–Trinajstić information content (AvgIpc) is 2.34. The molecule has 0 aliphatic carbocycles. The van der Waals surface area contributed by atoms with Crippen molar-refractivity contribution >= 4 is 5.97 Å².